The maximum Gasteiger partial charge on any atom is 0.407 e. The van der Waals surface area contributed by atoms with E-state index in [9.17, 15) is 30.0 Å². The first-order chi connectivity index (χ1) is 24.5. The van der Waals surface area contributed by atoms with E-state index in [1.807, 2.05) is 0 Å². The molecule has 1 aliphatic heterocycles. The van der Waals surface area contributed by atoms with Gasteiger partial charge in [0.15, 0.2) is 0 Å². The van der Waals surface area contributed by atoms with E-state index in [-0.39, 0.29) is 58.1 Å². The highest BCUT2D eigenvalue weighted by atomic mass is 32.3. The number of ether oxygens (including phenoxy) is 3. The number of hydrogen-bond donors (Lipinski definition) is 1. The Morgan fingerprint density at radius 1 is 0.808 bits per heavy atom. The quantitative estimate of drug-likeness (QED) is 0.130. The summed E-state index contributed by atoms with van der Waals surface area (Å²) in [6, 6.07) is 22.7. The van der Waals surface area contributed by atoms with E-state index in [0.29, 0.717) is 15.0 Å². The van der Waals surface area contributed by atoms with Gasteiger partial charge >= 0.3 is 16.2 Å². The molecule has 0 atom stereocenters. The van der Waals surface area contributed by atoms with Crippen LogP contribution >= 0.6 is 0 Å². The molecule has 0 bridgehead atoms. The summed E-state index contributed by atoms with van der Waals surface area (Å²) >= 11 is 0. The van der Waals surface area contributed by atoms with Crippen LogP contribution in [0.4, 0.5) is 10.5 Å². The zero-order valence-electron chi connectivity index (χ0n) is 28.8. The Kier molecular flexibility index (Phi) is 11.3. The summed E-state index contributed by atoms with van der Waals surface area (Å²) in [5.41, 5.74) is 0.356. The lowest BCUT2D eigenvalue weighted by Gasteiger charge is -2.26. The van der Waals surface area contributed by atoms with Gasteiger partial charge in [-0.05, 0) is 93.9 Å². The highest BCUT2D eigenvalue weighted by Crippen LogP contribution is 2.40. The van der Waals surface area contributed by atoms with Crippen LogP contribution in [0.1, 0.15) is 37.5 Å². The van der Waals surface area contributed by atoms with Crippen LogP contribution < -0.4 is 17.9 Å². The predicted molar refractivity (Wildman–Crippen MR) is 195 cm³/mol. The number of fused-ring (bicyclic) bond motifs is 1. The normalized spacial score (nSPS) is 14.0. The molecule has 0 saturated heterocycles. The van der Waals surface area contributed by atoms with E-state index >= 15 is 0 Å². The Morgan fingerprint density at radius 2 is 1.42 bits per heavy atom. The number of alkyl carbamates (subject to hydrolysis) is 1. The van der Waals surface area contributed by atoms with E-state index in [0.717, 1.165) is 5.56 Å². The van der Waals surface area contributed by atoms with Crippen molar-refractivity contribution < 1.29 is 48.4 Å². The molecular weight excluding hydrogens is 733 g/mol. The molecule has 276 valence electrons. The Labute approximate surface area is 304 Å². The van der Waals surface area contributed by atoms with Gasteiger partial charge in [0.25, 0.3) is 20.0 Å². The summed E-state index contributed by atoms with van der Waals surface area (Å²) in [6.07, 6.45) is 0.752. The molecular formula is C36H38N2O11S3. The number of hydrogen-bond acceptors (Lipinski definition) is 11. The van der Waals surface area contributed by atoms with Gasteiger partial charge in [-0.25, -0.2) is 21.6 Å². The predicted octanol–water partition coefficient (Wildman–Crippen LogP) is 5.72. The largest absolute Gasteiger partial charge is 0.491 e. The molecule has 0 saturated carbocycles. The molecule has 1 heterocycles. The van der Waals surface area contributed by atoms with Crippen LogP contribution in [0.25, 0.3) is 11.0 Å². The first kappa shape index (κ1) is 38.3. The number of nitrogens with zero attached hydrogens (tertiary/aromatic N) is 1. The summed E-state index contributed by atoms with van der Waals surface area (Å²) in [7, 11) is -13.8. The summed E-state index contributed by atoms with van der Waals surface area (Å²) in [5, 5.41) is 2.58. The lowest BCUT2D eigenvalue weighted by molar-refractivity contribution is 0.0488. The molecule has 4 aromatic carbocycles. The first-order valence-electron chi connectivity index (χ1n) is 16.0. The third-order valence-electron chi connectivity index (χ3n) is 7.31. The number of anilines is 1. The Balaban J connectivity index is 1.38. The number of aryl methyl sites for hydroxylation is 1. The summed E-state index contributed by atoms with van der Waals surface area (Å²) < 4.78 is 105. The monoisotopic (exact) mass is 770 g/mol. The van der Waals surface area contributed by atoms with Gasteiger partial charge in [0.1, 0.15) is 28.6 Å². The Bertz CT molecular complexity index is 2270. The highest BCUT2D eigenvalue weighted by Gasteiger charge is 2.38. The van der Waals surface area contributed by atoms with E-state index in [1.165, 1.54) is 60.7 Å². The van der Waals surface area contributed by atoms with E-state index in [1.54, 1.807) is 70.2 Å². The van der Waals surface area contributed by atoms with Crippen LogP contribution in [0.5, 0.6) is 11.5 Å². The molecule has 0 aromatic heterocycles. The number of amides is 1. The van der Waals surface area contributed by atoms with Crippen molar-refractivity contribution in [2.45, 2.75) is 43.1 Å². The molecule has 0 aliphatic carbocycles. The Hall–Kier alpha value is -4.90. The fourth-order valence-electron chi connectivity index (χ4n) is 4.92. The third-order valence-corrected chi connectivity index (χ3v) is 12.8. The summed E-state index contributed by atoms with van der Waals surface area (Å²) in [5.74, 6) is 0.200. The second-order valence-corrected chi connectivity index (χ2v) is 17.8. The van der Waals surface area contributed by atoms with Crippen LogP contribution in [-0.2, 0) is 39.6 Å². The molecule has 0 spiro atoms. The number of nitrogens with one attached hydrogen (secondary N) is 1. The van der Waals surface area contributed by atoms with Gasteiger partial charge in [0.2, 0.25) is 0 Å². The second-order valence-electron chi connectivity index (χ2n) is 12.5. The molecule has 5 rings (SSSR count). The van der Waals surface area contributed by atoms with Gasteiger partial charge in [-0.3, -0.25) is 0 Å². The average molecular weight is 771 g/mol. The third kappa shape index (κ3) is 9.11. The number of rotatable bonds is 13. The molecule has 13 nitrogen and oxygen atoms in total. The molecule has 0 unspecified atom stereocenters. The van der Waals surface area contributed by atoms with Gasteiger partial charge in [0, 0.05) is 12.1 Å². The van der Waals surface area contributed by atoms with Gasteiger partial charge < -0.3 is 23.7 Å². The van der Waals surface area contributed by atoms with Gasteiger partial charge in [-0.2, -0.15) is 12.1 Å². The molecule has 16 heteroatoms. The number of sulfonamides is 2. The molecule has 1 amide bonds. The standard InChI is InChI=1S/C36H38N2O11S3/c1-26-10-15-31(16-11-26)50(40,41)38(29-12-19-33-28(24-29)25-34(52(44,45)49-33)27-8-6-5-7-9-27)51(42,43)32-17-13-30(14-18-32)47-23-22-46-21-20-37-35(39)48-36(2,3)4/h5-19,24-25H,20-23H2,1-4H3,(H,37,39). The molecule has 0 radical (unpaired) electrons. The maximum atomic E-state index is 14.3. The summed E-state index contributed by atoms with van der Waals surface area (Å²) in [4.78, 5) is 10.9. The number of carbonyl (C=O) groups excluding carboxylic acids is 1. The number of carbonyl (C=O) groups is 1. The van der Waals surface area contributed by atoms with Crippen molar-refractivity contribution in [2.24, 2.45) is 0 Å². The van der Waals surface area contributed by atoms with Gasteiger partial charge in [-0.1, -0.05) is 48.0 Å². The fraction of sp³-hybridized carbons (Fsp3) is 0.250. The highest BCUT2D eigenvalue weighted by molar-refractivity contribution is 8.10. The van der Waals surface area contributed by atoms with E-state index in [4.69, 9.17) is 18.4 Å². The molecule has 52 heavy (non-hydrogen) atoms. The van der Waals surface area contributed by atoms with Gasteiger partial charge in [0.05, 0.1) is 28.7 Å². The lowest BCUT2D eigenvalue weighted by Crippen LogP contribution is -2.37. The molecule has 1 aliphatic rings. The van der Waals surface area contributed by atoms with Gasteiger partial charge in [-0.15, -0.1) is 0 Å². The Morgan fingerprint density at radius 3 is 2.04 bits per heavy atom. The van der Waals surface area contributed by atoms with Crippen molar-refractivity contribution in [3.8, 4) is 11.5 Å². The average Bonchev–Trinajstić information content (AvgIpc) is 3.07. The zero-order chi connectivity index (χ0) is 37.7. The van der Waals surface area contributed by atoms with Crippen molar-refractivity contribution >= 4 is 52.9 Å². The summed E-state index contributed by atoms with van der Waals surface area (Å²) in [6.45, 7) is 7.75. The minimum Gasteiger partial charge on any atom is -0.491 e. The van der Waals surface area contributed by atoms with E-state index in [2.05, 4.69) is 5.32 Å². The SMILES string of the molecule is Cc1ccc(S(=O)(=O)N(c2ccc3c(c2)C=C(c2ccccc2)S(=O)(=O)O3)S(=O)(=O)c2ccc(OCCOCCNC(=O)OC(C)(C)C)cc2)cc1. The van der Waals surface area contributed by atoms with Crippen molar-refractivity contribution in [2.75, 3.05) is 30.1 Å². The number of benzene rings is 4. The fourth-order valence-corrected chi connectivity index (χ4v) is 9.77. The van der Waals surface area contributed by atoms with Crippen molar-refractivity contribution in [1.82, 2.24) is 5.32 Å². The van der Waals surface area contributed by atoms with Crippen molar-refractivity contribution in [1.29, 1.82) is 0 Å². The zero-order valence-corrected chi connectivity index (χ0v) is 31.3. The van der Waals surface area contributed by atoms with Crippen molar-refractivity contribution in [3.63, 3.8) is 0 Å². The van der Waals surface area contributed by atoms with Crippen LogP contribution in [0.15, 0.2) is 107 Å². The first-order valence-corrected chi connectivity index (χ1v) is 20.3. The molecule has 0 fully saturated rings. The molecule has 1 N–H and O–H groups in total. The van der Waals surface area contributed by atoms with Crippen LogP contribution in [0.2, 0.25) is 0 Å². The second kappa shape index (κ2) is 15.4. The molecule has 4 aromatic rings. The minimum absolute atomic E-state index is 0.0988. The maximum absolute atomic E-state index is 14.3. The van der Waals surface area contributed by atoms with Crippen LogP contribution in [0, 0.1) is 6.92 Å². The smallest absolute Gasteiger partial charge is 0.407 e. The van der Waals surface area contributed by atoms with Crippen molar-refractivity contribution in [3.05, 3.63) is 114 Å². The van der Waals surface area contributed by atoms with Crippen LogP contribution in [0.3, 0.4) is 0 Å². The lowest BCUT2D eigenvalue weighted by atomic mass is 10.1. The van der Waals surface area contributed by atoms with Crippen LogP contribution in [-0.4, -0.2) is 63.3 Å². The van der Waals surface area contributed by atoms with E-state index < -0.39 is 41.9 Å². The topological polar surface area (TPSA) is 172 Å². The minimum atomic E-state index is -4.82.